The second kappa shape index (κ2) is 8.53. The summed E-state index contributed by atoms with van der Waals surface area (Å²) in [5.74, 6) is -0.731. The lowest BCUT2D eigenvalue weighted by atomic mass is 10.0. The largest absolute Gasteiger partial charge is 0.289 e. The maximum Gasteiger partial charge on any atom is 0.289 e. The third-order valence-electron chi connectivity index (χ3n) is 4.70. The van der Waals surface area contributed by atoms with E-state index < -0.39 is 5.91 Å². The number of nitrogens with one attached hydrogen (secondary N) is 2. The smallest absolute Gasteiger partial charge is 0.272 e. The fraction of sp³-hybridized carbons (Fsp3) is 0.0417. The minimum absolute atomic E-state index is 0.269. The van der Waals surface area contributed by atoms with Crippen molar-refractivity contribution in [3.8, 4) is 22.4 Å². The number of carbonyl (C=O) groups is 1. The molecule has 0 saturated carbocycles. The summed E-state index contributed by atoms with van der Waals surface area (Å²) in [4.78, 5) is 12.4. The fourth-order valence-electron chi connectivity index (χ4n) is 3.00. The number of H-pyrrole nitrogens is 1. The summed E-state index contributed by atoms with van der Waals surface area (Å²) >= 11 is 0. The molecule has 0 unspecified atom stereocenters. The van der Waals surface area contributed by atoms with E-state index in [-0.39, 0.29) is 11.5 Å². The molecule has 0 aliphatic carbocycles. The zero-order valence-electron chi connectivity index (χ0n) is 16.3. The molecule has 2 N–H and O–H groups in total. The molecule has 5 nitrogen and oxygen atoms in total. The number of halogens is 1. The highest BCUT2D eigenvalue weighted by Gasteiger charge is 2.11. The minimum Gasteiger partial charge on any atom is -0.272 e. The minimum atomic E-state index is -0.406. The van der Waals surface area contributed by atoms with E-state index >= 15 is 0 Å². The van der Waals surface area contributed by atoms with E-state index in [1.165, 1.54) is 12.1 Å². The van der Waals surface area contributed by atoms with Crippen molar-refractivity contribution in [3.63, 3.8) is 0 Å². The molecule has 1 aromatic heterocycles. The SMILES string of the molecule is C/C(=N\NC(=O)c1cc(-c2ccc(F)cc2)n[nH]1)c1ccc(-c2ccccc2)cc1. The molecule has 0 aliphatic rings. The van der Waals surface area contributed by atoms with Gasteiger partial charge in [0.2, 0.25) is 0 Å². The summed E-state index contributed by atoms with van der Waals surface area (Å²) in [5, 5.41) is 11.0. The highest BCUT2D eigenvalue weighted by Crippen LogP contribution is 2.20. The Morgan fingerprint density at radius 3 is 2.23 bits per heavy atom. The first-order valence-electron chi connectivity index (χ1n) is 9.42. The van der Waals surface area contributed by atoms with Crippen LogP contribution in [0.1, 0.15) is 23.0 Å². The van der Waals surface area contributed by atoms with E-state index in [2.05, 4.69) is 32.9 Å². The molecule has 0 bridgehead atoms. The predicted molar refractivity (Wildman–Crippen MR) is 116 cm³/mol. The summed E-state index contributed by atoms with van der Waals surface area (Å²) < 4.78 is 13.1. The normalized spacial score (nSPS) is 11.3. The molecule has 4 aromatic rings. The van der Waals surface area contributed by atoms with Crippen molar-refractivity contribution in [1.82, 2.24) is 15.6 Å². The van der Waals surface area contributed by atoms with Gasteiger partial charge in [-0.1, -0.05) is 54.6 Å². The first-order chi connectivity index (χ1) is 14.6. The van der Waals surface area contributed by atoms with Crippen LogP contribution in [-0.2, 0) is 0 Å². The second-order valence-corrected chi connectivity index (χ2v) is 6.76. The van der Waals surface area contributed by atoms with Crippen LogP contribution in [0.15, 0.2) is 90.0 Å². The quantitative estimate of drug-likeness (QED) is 0.365. The van der Waals surface area contributed by atoms with Gasteiger partial charge < -0.3 is 0 Å². The molecule has 0 fully saturated rings. The van der Waals surface area contributed by atoms with Crippen LogP contribution in [0, 0.1) is 5.82 Å². The van der Waals surface area contributed by atoms with Crippen molar-refractivity contribution in [1.29, 1.82) is 0 Å². The van der Waals surface area contributed by atoms with Crippen LogP contribution in [0.5, 0.6) is 0 Å². The van der Waals surface area contributed by atoms with Crippen LogP contribution in [0.25, 0.3) is 22.4 Å². The van der Waals surface area contributed by atoms with Gasteiger partial charge in [-0.3, -0.25) is 9.89 Å². The number of hydrogen-bond donors (Lipinski definition) is 2. The lowest BCUT2D eigenvalue weighted by Crippen LogP contribution is -2.19. The zero-order chi connectivity index (χ0) is 20.9. The van der Waals surface area contributed by atoms with E-state index in [0.717, 1.165) is 16.7 Å². The van der Waals surface area contributed by atoms with Crippen LogP contribution >= 0.6 is 0 Å². The molecule has 0 radical (unpaired) electrons. The first-order valence-corrected chi connectivity index (χ1v) is 9.42. The lowest BCUT2D eigenvalue weighted by molar-refractivity contribution is 0.0950. The summed E-state index contributed by atoms with van der Waals surface area (Å²) in [6.07, 6.45) is 0. The molecule has 1 heterocycles. The maximum atomic E-state index is 13.1. The van der Waals surface area contributed by atoms with E-state index in [0.29, 0.717) is 17.0 Å². The Labute approximate surface area is 173 Å². The molecule has 148 valence electrons. The van der Waals surface area contributed by atoms with Crippen LogP contribution in [-0.4, -0.2) is 21.8 Å². The van der Waals surface area contributed by atoms with E-state index in [1.807, 2.05) is 49.4 Å². The topological polar surface area (TPSA) is 70.1 Å². The molecule has 3 aromatic carbocycles. The average molecular weight is 398 g/mol. The number of nitrogens with zero attached hydrogens (tertiary/aromatic N) is 2. The van der Waals surface area contributed by atoms with Gasteiger partial charge in [-0.2, -0.15) is 10.2 Å². The molecule has 0 saturated heterocycles. The molecule has 1 amide bonds. The van der Waals surface area contributed by atoms with Gasteiger partial charge in [0.05, 0.1) is 11.4 Å². The average Bonchev–Trinajstić information content (AvgIpc) is 3.29. The number of benzene rings is 3. The van der Waals surface area contributed by atoms with E-state index in [1.54, 1.807) is 18.2 Å². The van der Waals surface area contributed by atoms with Crippen molar-refractivity contribution in [2.75, 3.05) is 0 Å². The van der Waals surface area contributed by atoms with Gasteiger partial charge in [0, 0.05) is 5.56 Å². The molecule has 0 aliphatic heterocycles. The molecular formula is C24H19FN4O. The Morgan fingerprint density at radius 1 is 0.900 bits per heavy atom. The predicted octanol–water partition coefficient (Wildman–Crippen LogP) is 5.04. The number of hydrogen-bond acceptors (Lipinski definition) is 3. The Morgan fingerprint density at radius 2 is 1.53 bits per heavy atom. The number of carbonyl (C=O) groups excluding carboxylic acids is 1. The summed E-state index contributed by atoms with van der Waals surface area (Å²) in [7, 11) is 0. The van der Waals surface area contributed by atoms with Crippen molar-refractivity contribution in [3.05, 3.63) is 102 Å². The Bertz CT molecular complexity index is 1180. The number of amides is 1. The van der Waals surface area contributed by atoms with Gasteiger partial charge in [-0.25, -0.2) is 9.82 Å². The molecule has 6 heteroatoms. The van der Waals surface area contributed by atoms with Crippen molar-refractivity contribution in [2.24, 2.45) is 5.10 Å². The third kappa shape index (κ3) is 4.33. The van der Waals surface area contributed by atoms with Gasteiger partial charge >= 0.3 is 0 Å². The molecule has 4 rings (SSSR count). The summed E-state index contributed by atoms with van der Waals surface area (Å²) in [6.45, 7) is 1.83. The highest BCUT2D eigenvalue weighted by atomic mass is 19.1. The lowest BCUT2D eigenvalue weighted by Gasteiger charge is -2.05. The van der Waals surface area contributed by atoms with Gasteiger partial charge in [0.15, 0.2) is 0 Å². The Balaban J connectivity index is 1.43. The number of aromatic nitrogens is 2. The standard InChI is InChI=1S/C24H19FN4O/c1-16(17-7-9-19(10-8-17)18-5-3-2-4-6-18)26-29-24(30)23-15-22(27-28-23)20-11-13-21(25)14-12-20/h2-15H,1H3,(H,27,28)(H,29,30)/b26-16+. The highest BCUT2D eigenvalue weighted by molar-refractivity contribution is 6.01. The van der Waals surface area contributed by atoms with Gasteiger partial charge in [0.25, 0.3) is 5.91 Å². The zero-order valence-corrected chi connectivity index (χ0v) is 16.3. The summed E-state index contributed by atoms with van der Waals surface area (Å²) in [6, 6.07) is 25.6. The fourth-order valence-corrected chi connectivity index (χ4v) is 3.00. The van der Waals surface area contributed by atoms with Gasteiger partial charge in [-0.15, -0.1) is 0 Å². The van der Waals surface area contributed by atoms with Crippen LogP contribution < -0.4 is 5.43 Å². The molecule has 30 heavy (non-hydrogen) atoms. The van der Waals surface area contributed by atoms with Crippen molar-refractivity contribution < 1.29 is 9.18 Å². The Kier molecular flexibility index (Phi) is 5.48. The van der Waals surface area contributed by atoms with Crippen molar-refractivity contribution in [2.45, 2.75) is 6.92 Å². The van der Waals surface area contributed by atoms with Crippen LogP contribution in [0.3, 0.4) is 0 Å². The third-order valence-corrected chi connectivity index (χ3v) is 4.70. The monoisotopic (exact) mass is 398 g/mol. The number of rotatable bonds is 5. The van der Waals surface area contributed by atoms with Gasteiger partial charge in [-0.05, 0) is 53.9 Å². The maximum absolute atomic E-state index is 13.1. The Hall–Kier alpha value is -4.06. The number of aromatic amines is 1. The van der Waals surface area contributed by atoms with Crippen molar-refractivity contribution >= 4 is 11.6 Å². The molecule has 0 spiro atoms. The van der Waals surface area contributed by atoms with Crippen LogP contribution in [0.4, 0.5) is 4.39 Å². The summed E-state index contributed by atoms with van der Waals surface area (Å²) in [5.41, 5.74) is 7.92. The number of hydrazone groups is 1. The molecular weight excluding hydrogens is 379 g/mol. The van der Waals surface area contributed by atoms with E-state index in [9.17, 15) is 9.18 Å². The van der Waals surface area contributed by atoms with E-state index in [4.69, 9.17) is 0 Å². The van der Waals surface area contributed by atoms with Crippen LogP contribution in [0.2, 0.25) is 0 Å². The molecule has 0 atom stereocenters. The van der Waals surface area contributed by atoms with Gasteiger partial charge in [0.1, 0.15) is 11.5 Å². The second-order valence-electron chi connectivity index (χ2n) is 6.76. The first kappa shape index (κ1) is 19.3.